The predicted octanol–water partition coefficient (Wildman–Crippen LogP) is 3.59. The molecule has 16 heavy (non-hydrogen) atoms. The summed E-state index contributed by atoms with van der Waals surface area (Å²) >= 11 is 3.22. The van der Waals surface area contributed by atoms with Crippen LogP contribution < -0.4 is 4.74 Å². The average molecular weight is 295 g/mol. The molecule has 1 rings (SSSR count). The quantitative estimate of drug-likeness (QED) is 0.773. The summed E-state index contributed by atoms with van der Waals surface area (Å²) in [6, 6.07) is 4.45. The van der Waals surface area contributed by atoms with E-state index in [1.165, 1.54) is 19.2 Å². The molecule has 0 bridgehead atoms. The van der Waals surface area contributed by atoms with E-state index in [2.05, 4.69) is 15.9 Å². The third-order valence-corrected chi connectivity index (χ3v) is 2.45. The molecule has 1 aromatic carbocycles. The number of benzene rings is 1. The third-order valence-electron chi connectivity index (χ3n) is 1.96. The smallest absolute Gasteiger partial charge is 0.274 e. The molecule has 1 aromatic rings. The van der Waals surface area contributed by atoms with Gasteiger partial charge in [-0.15, -0.1) is 0 Å². The van der Waals surface area contributed by atoms with Crippen LogP contribution in [0.1, 0.15) is 12.5 Å². The Morgan fingerprint density at radius 2 is 2.00 bits per heavy atom. The van der Waals surface area contributed by atoms with Crippen LogP contribution in [0.4, 0.5) is 8.78 Å². The van der Waals surface area contributed by atoms with Gasteiger partial charge in [0.25, 0.3) is 5.92 Å². The first-order chi connectivity index (χ1) is 7.45. The van der Waals surface area contributed by atoms with Gasteiger partial charge in [-0.05, 0) is 18.2 Å². The molecular weight excluding hydrogens is 282 g/mol. The second kappa shape index (κ2) is 5.59. The molecule has 0 atom stereocenters. The highest BCUT2D eigenvalue weighted by atomic mass is 79.9. The largest absolute Gasteiger partial charge is 0.491 e. The van der Waals surface area contributed by atoms with Gasteiger partial charge in [-0.3, -0.25) is 0 Å². The number of alkyl halides is 2. The lowest BCUT2D eigenvalue weighted by molar-refractivity contribution is 0.0138. The van der Waals surface area contributed by atoms with Gasteiger partial charge in [0.05, 0.1) is 12.2 Å². The first-order valence-corrected chi connectivity index (χ1v) is 5.54. The fourth-order valence-corrected chi connectivity index (χ4v) is 1.55. The monoisotopic (exact) mass is 294 g/mol. The van der Waals surface area contributed by atoms with Crippen molar-refractivity contribution in [3.05, 3.63) is 28.2 Å². The zero-order valence-electron chi connectivity index (χ0n) is 9.10. The van der Waals surface area contributed by atoms with Crippen LogP contribution in [0.3, 0.4) is 0 Å². The Labute approximate surface area is 102 Å². The van der Waals surface area contributed by atoms with Gasteiger partial charge in [0.1, 0.15) is 12.4 Å². The van der Waals surface area contributed by atoms with Crippen LogP contribution in [-0.2, 0) is 10.7 Å². The van der Waals surface area contributed by atoms with Gasteiger partial charge in [-0.1, -0.05) is 15.9 Å². The summed E-state index contributed by atoms with van der Waals surface area (Å²) in [6.07, 6.45) is 0. The lowest BCUT2D eigenvalue weighted by atomic mass is 10.1. The van der Waals surface area contributed by atoms with Crippen LogP contribution in [0.5, 0.6) is 5.75 Å². The highest BCUT2D eigenvalue weighted by Crippen LogP contribution is 2.36. The number of hydrogen-bond acceptors (Lipinski definition) is 2. The van der Waals surface area contributed by atoms with Crippen molar-refractivity contribution in [2.75, 3.05) is 20.3 Å². The van der Waals surface area contributed by atoms with Gasteiger partial charge < -0.3 is 9.47 Å². The second-order valence-corrected chi connectivity index (χ2v) is 4.29. The standard InChI is InChI=1S/C11H13BrF2O2/c1-11(13,14)9-4-3-8(12)7-10(9)16-6-5-15-2/h3-4,7H,5-6H2,1-2H3. The first-order valence-electron chi connectivity index (χ1n) is 4.74. The van der Waals surface area contributed by atoms with E-state index in [-0.39, 0.29) is 17.9 Å². The van der Waals surface area contributed by atoms with E-state index in [4.69, 9.17) is 9.47 Å². The van der Waals surface area contributed by atoms with Crippen molar-refractivity contribution in [1.82, 2.24) is 0 Å². The van der Waals surface area contributed by atoms with Crippen molar-refractivity contribution in [3.63, 3.8) is 0 Å². The fourth-order valence-electron chi connectivity index (χ4n) is 1.21. The molecule has 5 heteroatoms. The zero-order valence-corrected chi connectivity index (χ0v) is 10.7. The summed E-state index contributed by atoms with van der Waals surface area (Å²) in [5, 5.41) is 0. The molecule has 0 fully saturated rings. The minimum absolute atomic E-state index is 0.119. The van der Waals surface area contributed by atoms with Crippen molar-refractivity contribution in [2.24, 2.45) is 0 Å². The van der Waals surface area contributed by atoms with Crippen molar-refractivity contribution < 1.29 is 18.3 Å². The summed E-state index contributed by atoms with van der Waals surface area (Å²) in [5.41, 5.74) is -0.119. The molecule has 0 amide bonds. The van der Waals surface area contributed by atoms with Crippen LogP contribution in [-0.4, -0.2) is 20.3 Å². The van der Waals surface area contributed by atoms with Gasteiger partial charge in [0.2, 0.25) is 0 Å². The molecule has 0 saturated carbocycles. The molecule has 0 saturated heterocycles. The number of ether oxygens (including phenoxy) is 2. The van der Waals surface area contributed by atoms with Crippen LogP contribution >= 0.6 is 15.9 Å². The summed E-state index contributed by atoms with van der Waals surface area (Å²) in [4.78, 5) is 0. The highest BCUT2D eigenvalue weighted by molar-refractivity contribution is 9.10. The Hall–Kier alpha value is -0.680. The number of rotatable bonds is 5. The van der Waals surface area contributed by atoms with Crippen molar-refractivity contribution in [2.45, 2.75) is 12.8 Å². The lowest BCUT2D eigenvalue weighted by Crippen LogP contribution is -2.12. The minimum atomic E-state index is -2.91. The van der Waals surface area contributed by atoms with E-state index >= 15 is 0 Å². The van der Waals surface area contributed by atoms with Crippen LogP contribution in [0.25, 0.3) is 0 Å². The Bertz CT molecular complexity index is 350. The number of methoxy groups -OCH3 is 1. The Morgan fingerprint density at radius 1 is 1.31 bits per heavy atom. The van der Waals surface area contributed by atoms with E-state index in [1.54, 1.807) is 6.07 Å². The van der Waals surface area contributed by atoms with Crippen molar-refractivity contribution in [3.8, 4) is 5.75 Å². The van der Waals surface area contributed by atoms with Crippen molar-refractivity contribution in [1.29, 1.82) is 0 Å². The minimum Gasteiger partial charge on any atom is -0.491 e. The molecule has 0 spiro atoms. The molecule has 0 aliphatic rings. The van der Waals surface area contributed by atoms with Crippen molar-refractivity contribution >= 4 is 15.9 Å². The topological polar surface area (TPSA) is 18.5 Å². The molecule has 0 heterocycles. The molecule has 0 aromatic heterocycles. The van der Waals surface area contributed by atoms with E-state index in [0.29, 0.717) is 11.1 Å². The van der Waals surface area contributed by atoms with Gasteiger partial charge >= 0.3 is 0 Å². The highest BCUT2D eigenvalue weighted by Gasteiger charge is 2.28. The Balaban J connectivity index is 2.90. The Morgan fingerprint density at radius 3 is 2.56 bits per heavy atom. The number of halogens is 3. The molecule has 0 aliphatic heterocycles. The summed E-state index contributed by atoms with van der Waals surface area (Å²) < 4.78 is 37.2. The molecule has 0 radical (unpaired) electrons. The summed E-state index contributed by atoms with van der Waals surface area (Å²) in [7, 11) is 1.53. The third kappa shape index (κ3) is 3.72. The first kappa shape index (κ1) is 13.4. The molecule has 90 valence electrons. The molecule has 0 unspecified atom stereocenters. The molecule has 2 nitrogen and oxygen atoms in total. The SMILES string of the molecule is COCCOc1cc(Br)ccc1C(C)(F)F. The van der Waals surface area contributed by atoms with E-state index in [1.807, 2.05) is 0 Å². The second-order valence-electron chi connectivity index (χ2n) is 3.37. The van der Waals surface area contributed by atoms with E-state index in [0.717, 1.165) is 6.92 Å². The van der Waals surface area contributed by atoms with E-state index < -0.39 is 5.92 Å². The normalized spacial score (nSPS) is 11.6. The lowest BCUT2D eigenvalue weighted by Gasteiger charge is -2.16. The van der Waals surface area contributed by atoms with Gasteiger partial charge in [-0.25, -0.2) is 8.78 Å². The molecular formula is C11H13BrF2O2. The van der Waals surface area contributed by atoms with E-state index in [9.17, 15) is 8.78 Å². The average Bonchev–Trinajstić information content (AvgIpc) is 2.16. The maximum Gasteiger partial charge on any atom is 0.274 e. The zero-order chi connectivity index (χ0) is 12.2. The van der Waals surface area contributed by atoms with Crippen LogP contribution in [0.15, 0.2) is 22.7 Å². The van der Waals surface area contributed by atoms with Gasteiger partial charge in [0, 0.05) is 18.5 Å². The summed E-state index contributed by atoms with van der Waals surface area (Å²) in [6.45, 7) is 1.46. The predicted molar refractivity (Wildman–Crippen MR) is 61.1 cm³/mol. The van der Waals surface area contributed by atoms with Crippen LogP contribution in [0.2, 0.25) is 0 Å². The fraction of sp³-hybridized carbons (Fsp3) is 0.455. The number of hydrogen-bond donors (Lipinski definition) is 0. The maximum absolute atomic E-state index is 13.2. The van der Waals surface area contributed by atoms with Gasteiger partial charge in [0.15, 0.2) is 0 Å². The molecule has 0 aliphatic carbocycles. The van der Waals surface area contributed by atoms with Crippen LogP contribution in [0, 0.1) is 0 Å². The molecule has 0 N–H and O–H groups in total. The van der Waals surface area contributed by atoms with Gasteiger partial charge in [-0.2, -0.15) is 0 Å². The maximum atomic E-state index is 13.2. The Kier molecular flexibility index (Phi) is 4.68. The summed E-state index contributed by atoms with van der Waals surface area (Å²) in [5.74, 6) is -2.73.